The Morgan fingerprint density at radius 1 is 1.13 bits per heavy atom. The first-order valence-electron chi connectivity index (χ1n) is 10.0. The Bertz CT molecular complexity index is 1060. The second-order valence-corrected chi connectivity index (χ2v) is 7.76. The van der Waals surface area contributed by atoms with Gasteiger partial charge in [0.2, 0.25) is 0 Å². The minimum atomic E-state index is -0.312. The average molecular weight is 410 g/mol. The van der Waals surface area contributed by atoms with Gasteiger partial charge in [0.25, 0.3) is 5.91 Å². The molecule has 1 N–H and O–H groups in total. The smallest absolute Gasteiger partial charge is 0.272 e. The monoisotopic (exact) mass is 410 g/mol. The van der Waals surface area contributed by atoms with Crippen molar-refractivity contribution < 1.29 is 13.6 Å². The van der Waals surface area contributed by atoms with Gasteiger partial charge in [0.05, 0.1) is 11.7 Å². The molecule has 0 aliphatic heterocycles. The predicted molar refractivity (Wildman–Crippen MR) is 111 cm³/mol. The van der Waals surface area contributed by atoms with Crippen LogP contribution in [0.1, 0.15) is 39.8 Å². The summed E-state index contributed by atoms with van der Waals surface area (Å²) in [6, 6.07) is 12.3. The summed E-state index contributed by atoms with van der Waals surface area (Å²) in [5, 5.41) is 7.51. The lowest BCUT2D eigenvalue weighted by Gasteiger charge is -2.25. The topological polar surface area (TPSA) is 50.2 Å². The van der Waals surface area contributed by atoms with E-state index in [0.29, 0.717) is 12.2 Å². The van der Waals surface area contributed by atoms with Gasteiger partial charge in [0, 0.05) is 17.8 Å². The van der Waals surface area contributed by atoms with E-state index in [9.17, 15) is 13.6 Å². The molecule has 0 saturated heterocycles. The van der Waals surface area contributed by atoms with Gasteiger partial charge in [-0.2, -0.15) is 5.10 Å². The molecule has 1 aliphatic rings. The minimum Gasteiger partial charge on any atom is -0.349 e. The molecular formula is C23H24F2N4O. The Morgan fingerprint density at radius 2 is 1.90 bits per heavy atom. The van der Waals surface area contributed by atoms with Gasteiger partial charge in [0.15, 0.2) is 5.69 Å². The van der Waals surface area contributed by atoms with Crippen LogP contribution in [-0.2, 0) is 12.8 Å². The van der Waals surface area contributed by atoms with Crippen LogP contribution in [0.25, 0.3) is 5.69 Å². The summed E-state index contributed by atoms with van der Waals surface area (Å²) in [4.78, 5) is 14.9. The van der Waals surface area contributed by atoms with Crippen LogP contribution < -0.4 is 5.32 Å². The van der Waals surface area contributed by atoms with Crippen molar-refractivity contribution in [2.24, 2.45) is 0 Å². The summed E-state index contributed by atoms with van der Waals surface area (Å²) in [6.45, 7) is 0.327. The van der Waals surface area contributed by atoms with Gasteiger partial charge >= 0.3 is 0 Å². The van der Waals surface area contributed by atoms with E-state index in [1.54, 1.807) is 22.9 Å². The number of hydrogen-bond acceptors (Lipinski definition) is 3. The van der Waals surface area contributed by atoms with E-state index in [4.69, 9.17) is 0 Å². The van der Waals surface area contributed by atoms with Crippen LogP contribution in [-0.4, -0.2) is 41.2 Å². The molecule has 1 heterocycles. The van der Waals surface area contributed by atoms with E-state index in [1.807, 2.05) is 25.1 Å². The van der Waals surface area contributed by atoms with Crippen molar-refractivity contribution in [2.75, 3.05) is 20.6 Å². The highest BCUT2D eigenvalue weighted by molar-refractivity contribution is 5.94. The highest BCUT2D eigenvalue weighted by Gasteiger charge is 2.27. The third kappa shape index (κ3) is 3.98. The summed E-state index contributed by atoms with van der Waals surface area (Å²) < 4.78 is 28.7. The Morgan fingerprint density at radius 3 is 2.60 bits per heavy atom. The molecule has 0 spiro atoms. The number of carbonyl (C=O) groups excluding carboxylic acids is 1. The van der Waals surface area contributed by atoms with Crippen LogP contribution in [0.5, 0.6) is 0 Å². The van der Waals surface area contributed by atoms with Crippen LogP contribution in [0, 0.1) is 11.6 Å². The maximum atomic E-state index is 13.7. The Kier molecular flexibility index (Phi) is 5.63. The number of fused-ring (bicyclic) bond motifs is 1. The van der Waals surface area contributed by atoms with Gasteiger partial charge in [0.1, 0.15) is 11.6 Å². The second-order valence-electron chi connectivity index (χ2n) is 7.76. The van der Waals surface area contributed by atoms with E-state index in [1.165, 1.54) is 24.3 Å². The number of nitrogens with one attached hydrogen (secondary N) is 1. The lowest BCUT2D eigenvalue weighted by atomic mass is 10.1. The average Bonchev–Trinajstić information content (AvgIpc) is 3.31. The molecule has 1 aromatic heterocycles. The minimum absolute atomic E-state index is 0.170. The van der Waals surface area contributed by atoms with Crippen molar-refractivity contribution in [3.8, 4) is 5.69 Å². The number of rotatable bonds is 6. The van der Waals surface area contributed by atoms with Crippen molar-refractivity contribution in [1.82, 2.24) is 20.0 Å². The molecule has 7 heteroatoms. The van der Waals surface area contributed by atoms with E-state index in [2.05, 4.69) is 10.4 Å². The number of likely N-dealkylation sites (N-methyl/N-ethyl adjacent to an activating group) is 1. The molecule has 3 aromatic rings. The fraction of sp³-hybridized carbons (Fsp3) is 0.304. The lowest BCUT2D eigenvalue weighted by molar-refractivity contribution is 0.0935. The molecule has 0 saturated carbocycles. The third-order valence-electron chi connectivity index (χ3n) is 5.53. The Hall–Kier alpha value is -3.06. The van der Waals surface area contributed by atoms with Gasteiger partial charge in [-0.25, -0.2) is 13.5 Å². The van der Waals surface area contributed by atoms with E-state index in [0.717, 1.165) is 41.8 Å². The number of carbonyl (C=O) groups is 1. The zero-order valence-electron chi connectivity index (χ0n) is 17.0. The zero-order valence-corrected chi connectivity index (χ0v) is 17.0. The van der Waals surface area contributed by atoms with E-state index < -0.39 is 0 Å². The SMILES string of the molecule is CN(C)C(CNC(=O)c1nn(-c2ccc(F)cc2)c2c1CCC2)c1cccc(F)c1. The van der Waals surface area contributed by atoms with Crippen LogP contribution in [0.15, 0.2) is 48.5 Å². The molecule has 2 aromatic carbocycles. The first kappa shape index (κ1) is 20.2. The molecule has 1 atom stereocenters. The van der Waals surface area contributed by atoms with Crippen molar-refractivity contribution in [1.29, 1.82) is 0 Å². The maximum absolute atomic E-state index is 13.7. The van der Waals surface area contributed by atoms with Crippen molar-refractivity contribution in [2.45, 2.75) is 25.3 Å². The standard InChI is InChI=1S/C23H24F2N4O/c1-28(2)21(15-5-3-6-17(25)13-15)14-26-23(30)22-19-7-4-8-20(19)29(27-22)18-11-9-16(24)10-12-18/h3,5-6,9-13,21H,4,7-8,14H2,1-2H3,(H,26,30). The molecule has 4 rings (SSSR count). The summed E-state index contributed by atoms with van der Waals surface area (Å²) in [7, 11) is 3.78. The number of amides is 1. The highest BCUT2D eigenvalue weighted by atomic mass is 19.1. The summed E-state index contributed by atoms with van der Waals surface area (Å²) in [5.74, 6) is -0.869. The second kappa shape index (κ2) is 8.36. The first-order chi connectivity index (χ1) is 14.4. The molecule has 0 bridgehead atoms. The van der Waals surface area contributed by atoms with Crippen molar-refractivity contribution in [3.63, 3.8) is 0 Å². The fourth-order valence-electron chi connectivity index (χ4n) is 4.00. The summed E-state index contributed by atoms with van der Waals surface area (Å²) >= 11 is 0. The van der Waals surface area contributed by atoms with Crippen LogP contribution >= 0.6 is 0 Å². The Balaban J connectivity index is 1.56. The normalized spacial score (nSPS) is 14.0. The number of nitrogens with zero attached hydrogens (tertiary/aromatic N) is 3. The number of halogens is 2. The molecule has 1 aliphatic carbocycles. The van der Waals surface area contributed by atoms with Gasteiger partial charge in [-0.05, 0) is 75.3 Å². The number of hydrogen-bond donors (Lipinski definition) is 1. The Labute approximate surface area is 174 Å². The van der Waals surface area contributed by atoms with Crippen molar-refractivity contribution >= 4 is 5.91 Å². The van der Waals surface area contributed by atoms with Gasteiger partial charge in [-0.1, -0.05) is 12.1 Å². The van der Waals surface area contributed by atoms with Gasteiger partial charge < -0.3 is 10.2 Å². The molecular weight excluding hydrogens is 386 g/mol. The molecule has 0 fully saturated rings. The molecule has 1 amide bonds. The molecule has 156 valence electrons. The fourth-order valence-corrected chi connectivity index (χ4v) is 4.00. The van der Waals surface area contributed by atoms with Crippen molar-refractivity contribution in [3.05, 3.63) is 82.7 Å². The highest BCUT2D eigenvalue weighted by Crippen LogP contribution is 2.28. The first-order valence-corrected chi connectivity index (χ1v) is 10.0. The predicted octanol–water partition coefficient (Wildman–Crippen LogP) is 3.67. The van der Waals surface area contributed by atoms with E-state index >= 15 is 0 Å². The largest absolute Gasteiger partial charge is 0.349 e. The summed E-state index contributed by atoms with van der Waals surface area (Å²) in [5.41, 5.74) is 3.88. The van der Waals surface area contributed by atoms with Crippen LogP contribution in [0.3, 0.4) is 0 Å². The summed E-state index contributed by atoms with van der Waals surface area (Å²) in [6.07, 6.45) is 2.58. The number of benzene rings is 2. The lowest BCUT2D eigenvalue weighted by Crippen LogP contribution is -2.35. The molecule has 1 unspecified atom stereocenters. The van der Waals surface area contributed by atoms with Gasteiger partial charge in [-0.3, -0.25) is 4.79 Å². The van der Waals surface area contributed by atoms with Crippen LogP contribution in [0.4, 0.5) is 8.78 Å². The maximum Gasteiger partial charge on any atom is 0.272 e. The quantitative estimate of drug-likeness (QED) is 0.675. The van der Waals surface area contributed by atoms with Crippen LogP contribution in [0.2, 0.25) is 0 Å². The number of aromatic nitrogens is 2. The van der Waals surface area contributed by atoms with Gasteiger partial charge in [-0.15, -0.1) is 0 Å². The molecule has 5 nitrogen and oxygen atoms in total. The van der Waals surface area contributed by atoms with E-state index in [-0.39, 0.29) is 23.6 Å². The molecule has 30 heavy (non-hydrogen) atoms. The zero-order chi connectivity index (χ0) is 21.3. The third-order valence-corrected chi connectivity index (χ3v) is 5.53. The molecule has 0 radical (unpaired) electrons.